The van der Waals surface area contributed by atoms with E-state index in [-0.39, 0.29) is 11.9 Å². The molecule has 2 atom stereocenters. The van der Waals surface area contributed by atoms with Crippen LogP contribution < -0.4 is 5.32 Å². The van der Waals surface area contributed by atoms with Crippen molar-refractivity contribution in [2.45, 2.75) is 26.3 Å². The second-order valence-corrected chi connectivity index (χ2v) is 6.91. The van der Waals surface area contributed by atoms with Gasteiger partial charge < -0.3 is 10.2 Å². The summed E-state index contributed by atoms with van der Waals surface area (Å²) >= 11 is 2.05. The van der Waals surface area contributed by atoms with Gasteiger partial charge in [0.2, 0.25) is 0 Å². The molecule has 0 amide bonds. The maximum absolute atomic E-state index is 13.1. The summed E-state index contributed by atoms with van der Waals surface area (Å²) in [5.41, 5.74) is 0.940. The van der Waals surface area contributed by atoms with Gasteiger partial charge in [0.05, 0.1) is 17.9 Å². The molecule has 1 aromatic heterocycles. The monoisotopic (exact) mass is 311 g/mol. The zero-order valence-corrected chi connectivity index (χ0v) is 13.8. The van der Waals surface area contributed by atoms with Crippen LogP contribution in [0.1, 0.15) is 32.0 Å². The lowest BCUT2D eigenvalue weighted by molar-refractivity contribution is 0.222. The first kappa shape index (κ1) is 16.7. The van der Waals surface area contributed by atoms with Crippen molar-refractivity contribution < 1.29 is 4.39 Å². The number of nitrogens with one attached hydrogen (secondary N) is 1. The summed E-state index contributed by atoms with van der Waals surface area (Å²) in [5.74, 6) is 2.69. The SMILES string of the molecule is CCNC(c1ccc(F)cn1)C(C)CN1CCCSCC1. The van der Waals surface area contributed by atoms with E-state index >= 15 is 0 Å². The predicted molar refractivity (Wildman–Crippen MR) is 88.2 cm³/mol. The Labute approximate surface area is 131 Å². The molecule has 0 saturated carbocycles. The molecule has 0 spiro atoms. The molecule has 1 aliphatic heterocycles. The fraction of sp³-hybridized carbons (Fsp3) is 0.688. The molecule has 0 bridgehead atoms. The van der Waals surface area contributed by atoms with E-state index in [0.717, 1.165) is 18.8 Å². The number of pyridine rings is 1. The van der Waals surface area contributed by atoms with Crippen molar-refractivity contribution in [1.82, 2.24) is 15.2 Å². The minimum atomic E-state index is -0.272. The van der Waals surface area contributed by atoms with Crippen molar-refractivity contribution in [3.8, 4) is 0 Å². The first-order chi connectivity index (χ1) is 10.2. The fourth-order valence-electron chi connectivity index (χ4n) is 2.88. The molecule has 0 aromatic carbocycles. The smallest absolute Gasteiger partial charge is 0.141 e. The molecule has 1 aliphatic rings. The van der Waals surface area contributed by atoms with Crippen LogP contribution in [0.15, 0.2) is 18.3 Å². The Balaban J connectivity index is 2.00. The molecule has 1 aromatic rings. The molecule has 2 heterocycles. The maximum atomic E-state index is 13.1. The van der Waals surface area contributed by atoms with E-state index < -0.39 is 0 Å². The highest BCUT2D eigenvalue weighted by molar-refractivity contribution is 7.99. The van der Waals surface area contributed by atoms with Crippen LogP contribution in [0.3, 0.4) is 0 Å². The fourth-order valence-corrected chi connectivity index (χ4v) is 3.81. The van der Waals surface area contributed by atoms with Gasteiger partial charge in [0.1, 0.15) is 5.82 Å². The largest absolute Gasteiger partial charge is 0.309 e. The lowest BCUT2D eigenvalue weighted by atomic mass is 9.97. The number of thioether (sulfide) groups is 1. The lowest BCUT2D eigenvalue weighted by Gasteiger charge is -2.29. The maximum Gasteiger partial charge on any atom is 0.141 e. The third-order valence-corrected chi connectivity index (χ3v) is 4.97. The highest BCUT2D eigenvalue weighted by Crippen LogP contribution is 2.22. The number of rotatable bonds is 6. The summed E-state index contributed by atoms with van der Waals surface area (Å²) in [6, 6.07) is 3.49. The summed E-state index contributed by atoms with van der Waals surface area (Å²) in [5, 5.41) is 3.51. The normalized spacial score (nSPS) is 20.0. The van der Waals surface area contributed by atoms with Gasteiger partial charge in [-0.25, -0.2) is 4.39 Å². The van der Waals surface area contributed by atoms with Crippen LogP contribution in [0.25, 0.3) is 0 Å². The quantitative estimate of drug-likeness (QED) is 0.874. The second kappa shape index (κ2) is 8.71. The van der Waals surface area contributed by atoms with Gasteiger partial charge >= 0.3 is 0 Å². The summed E-state index contributed by atoms with van der Waals surface area (Å²) in [6.07, 6.45) is 2.59. The molecule has 3 nitrogen and oxygen atoms in total. The van der Waals surface area contributed by atoms with Crippen molar-refractivity contribution in [3.63, 3.8) is 0 Å². The van der Waals surface area contributed by atoms with E-state index in [4.69, 9.17) is 0 Å². The molecular weight excluding hydrogens is 285 g/mol. The predicted octanol–water partition coefficient (Wildman–Crippen LogP) is 2.95. The van der Waals surface area contributed by atoms with E-state index in [1.807, 2.05) is 0 Å². The molecule has 118 valence electrons. The lowest BCUT2D eigenvalue weighted by Crippen LogP contribution is -2.37. The summed E-state index contributed by atoms with van der Waals surface area (Å²) in [7, 11) is 0. The van der Waals surface area contributed by atoms with Crippen LogP contribution in [-0.2, 0) is 0 Å². The topological polar surface area (TPSA) is 28.2 Å². The summed E-state index contributed by atoms with van der Waals surface area (Å²) < 4.78 is 13.1. The Morgan fingerprint density at radius 1 is 1.38 bits per heavy atom. The Hall–Kier alpha value is -0.650. The number of aromatic nitrogens is 1. The van der Waals surface area contributed by atoms with Crippen LogP contribution in [0.4, 0.5) is 4.39 Å². The van der Waals surface area contributed by atoms with E-state index in [9.17, 15) is 4.39 Å². The zero-order chi connectivity index (χ0) is 15.1. The molecule has 5 heteroatoms. The van der Waals surface area contributed by atoms with E-state index in [2.05, 4.69) is 40.8 Å². The standard InChI is InChI=1S/C16H26FN3S/c1-3-18-16(15-6-5-14(17)11-19-15)13(2)12-20-7-4-9-21-10-8-20/h5-6,11,13,16,18H,3-4,7-10,12H2,1-2H3. The van der Waals surface area contributed by atoms with Crippen molar-refractivity contribution in [1.29, 1.82) is 0 Å². The third-order valence-electron chi connectivity index (χ3n) is 3.92. The highest BCUT2D eigenvalue weighted by Gasteiger charge is 2.22. The molecule has 1 fully saturated rings. The van der Waals surface area contributed by atoms with Gasteiger partial charge in [-0.05, 0) is 43.3 Å². The highest BCUT2D eigenvalue weighted by atomic mass is 32.2. The number of halogens is 1. The van der Waals surface area contributed by atoms with Gasteiger partial charge in [-0.1, -0.05) is 13.8 Å². The van der Waals surface area contributed by atoms with E-state index in [0.29, 0.717) is 5.92 Å². The molecular formula is C16H26FN3S. The number of nitrogens with zero attached hydrogens (tertiary/aromatic N) is 2. The van der Waals surface area contributed by atoms with Gasteiger partial charge in [-0.3, -0.25) is 4.98 Å². The zero-order valence-electron chi connectivity index (χ0n) is 13.0. The first-order valence-corrected chi connectivity index (χ1v) is 9.01. The van der Waals surface area contributed by atoms with Crippen molar-refractivity contribution >= 4 is 11.8 Å². The van der Waals surface area contributed by atoms with E-state index in [1.54, 1.807) is 6.07 Å². The Morgan fingerprint density at radius 2 is 2.24 bits per heavy atom. The van der Waals surface area contributed by atoms with Crippen molar-refractivity contribution in [2.75, 3.05) is 37.7 Å². The molecule has 21 heavy (non-hydrogen) atoms. The molecule has 2 unspecified atom stereocenters. The van der Waals surface area contributed by atoms with Crippen LogP contribution in [-0.4, -0.2) is 47.6 Å². The second-order valence-electron chi connectivity index (χ2n) is 5.68. The minimum Gasteiger partial charge on any atom is -0.309 e. The van der Waals surface area contributed by atoms with Gasteiger partial charge in [0, 0.05) is 18.8 Å². The van der Waals surface area contributed by atoms with Crippen LogP contribution in [0.2, 0.25) is 0 Å². The Morgan fingerprint density at radius 3 is 2.95 bits per heavy atom. The van der Waals surface area contributed by atoms with Gasteiger partial charge in [-0.2, -0.15) is 11.8 Å². The molecule has 0 aliphatic carbocycles. The van der Waals surface area contributed by atoms with Crippen molar-refractivity contribution in [3.05, 3.63) is 29.8 Å². The first-order valence-electron chi connectivity index (χ1n) is 7.85. The molecule has 2 rings (SSSR count). The third kappa shape index (κ3) is 5.24. The van der Waals surface area contributed by atoms with Crippen molar-refractivity contribution in [2.24, 2.45) is 5.92 Å². The average molecular weight is 311 g/mol. The van der Waals surface area contributed by atoms with Gasteiger partial charge in [0.25, 0.3) is 0 Å². The van der Waals surface area contributed by atoms with Crippen LogP contribution in [0.5, 0.6) is 0 Å². The number of hydrogen-bond acceptors (Lipinski definition) is 4. The average Bonchev–Trinajstić information content (AvgIpc) is 2.74. The number of hydrogen-bond donors (Lipinski definition) is 1. The van der Waals surface area contributed by atoms with Crippen LogP contribution >= 0.6 is 11.8 Å². The van der Waals surface area contributed by atoms with Gasteiger partial charge in [0.15, 0.2) is 0 Å². The summed E-state index contributed by atoms with van der Waals surface area (Å²) in [6.45, 7) is 8.68. The van der Waals surface area contributed by atoms with E-state index in [1.165, 1.54) is 43.3 Å². The van der Waals surface area contributed by atoms with Crippen LogP contribution in [0, 0.1) is 11.7 Å². The molecule has 0 radical (unpaired) electrons. The summed E-state index contributed by atoms with van der Waals surface area (Å²) in [4.78, 5) is 6.82. The Kier molecular flexibility index (Phi) is 6.93. The Bertz CT molecular complexity index is 404. The minimum absolute atomic E-state index is 0.187. The molecule has 1 saturated heterocycles. The molecule has 1 N–H and O–H groups in total. The van der Waals surface area contributed by atoms with Gasteiger partial charge in [-0.15, -0.1) is 0 Å².